The number of benzene rings is 2. The minimum atomic E-state index is 0.935. The lowest BCUT2D eigenvalue weighted by Crippen LogP contribution is -2.33. The van der Waals surface area contributed by atoms with Crippen molar-refractivity contribution in [3.8, 4) is 22.5 Å². The minimum absolute atomic E-state index is 0.935. The van der Waals surface area contributed by atoms with Gasteiger partial charge in [-0.15, -0.1) is 0 Å². The first-order valence-corrected chi connectivity index (χ1v) is 8.52. The molecule has 0 amide bonds. The molecule has 0 fully saturated rings. The number of rotatable bonds is 1. The minimum Gasteiger partial charge on any atom is -0.232 e. The zero-order chi connectivity index (χ0) is 17.0. The van der Waals surface area contributed by atoms with Gasteiger partial charge in [-0.2, -0.15) is 0 Å². The standard InChI is InChI=1S/C22H23N2/c1-13-9-15(3)16(4)18(10-13)22-23-20-11-17-8-6-7-14(2)21(17)19(20)12-24(22)5/h6-10,12H,11H2,1-5H3/q+1. The van der Waals surface area contributed by atoms with Crippen molar-refractivity contribution in [1.29, 1.82) is 0 Å². The summed E-state index contributed by atoms with van der Waals surface area (Å²) in [6, 6.07) is 11.1. The highest BCUT2D eigenvalue weighted by atomic mass is 15.0. The maximum absolute atomic E-state index is 5.08. The molecule has 0 saturated heterocycles. The maximum Gasteiger partial charge on any atom is 0.330 e. The fourth-order valence-corrected chi connectivity index (χ4v) is 3.90. The van der Waals surface area contributed by atoms with Crippen LogP contribution in [0, 0.1) is 27.7 Å². The van der Waals surface area contributed by atoms with Crippen LogP contribution >= 0.6 is 0 Å². The van der Waals surface area contributed by atoms with Crippen LogP contribution in [0.2, 0.25) is 0 Å². The quantitative estimate of drug-likeness (QED) is 0.476. The molecule has 24 heavy (non-hydrogen) atoms. The summed E-state index contributed by atoms with van der Waals surface area (Å²) in [5.74, 6) is 1.06. The van der Waals surface area contributed by atoms with Gasteiger partial charge in [0.25, 0.3) is 0 Å². The lowest BCUT2D eigenvalue weighted by Gasteiger charge is -2.09. The van der Waals surface area contributed by atoms with Crippen molar-refractivity contribution in [1.82, 2.24) is 4.98 Å². The Bertz CT molecular complexity index is 984. The Hall–Kier alpha value is -2.48. The molecule has 1 heterocycles. The van der Waals surface area contributed by atoms with Crippen LogP contribution in [-0.2, 0) is 13.5 Å². The van der Waals surface area contributed by atoms with Crippen molar-refractivity contribution in [3.63, 3.8) is 0 Å². The SMILES string of the molecule is Cc1cc(C)c(C)c(-c2nc3c(c[n+]2C)-c2c(C)cccc2C3)c1. The second kappa shape index (κ2) is 5.27. The Labute approximate surface area is 143 Å². The van der Waals surface area contributed by atoms with E-state index in [1.54, 1.807) is 0 Å². The second-order valence-corrected chi connectivity index (χ2v) is 7.08. The van der Waals surface area contributed by atoms with Crippen molar-refractivity contribution < 1.29 is 4.57 Å². The van der Waals surface area contributed by atoms with E-state index in [0.717, 1.165) is 12.2 Å². The summed E-state index contributed by atoms with van der Waals surface area (Å²) in [6.45, 7) is 8.72. The first-order valence-electron chi connectivity index (χ1n) is 8.52. The van der Waals surface area contributed by atoms with Crippen LogP contribution in [0.25, 0.3) is 22.5 Å². The van der Waals surface area contributed by atoms with E-state index in [1.807, 2.05) is 0 Å². The third-order valence-corrected chi connectivity index (χ3v) is 5.25. The van der Waals surface area contributed by atoms with Crippen LogP contribution in [0.15, 0.2) is 36.5 Å². The van der Waals surface area contributed by atoms with Crippen molar-refractivity contribution in [2.24, 2.45) is 7.05 Å². The summed E-state index contributed by atoms with van der Waals surface area (Å²) in [5, 5.41) is 0. The van der Waals surface area contributed by atoms with Crippen molar-refractivity contribution in [2.45, 2.75) is 34.1 Å². The van der Waals surface area contributed by atoms with Gasteiger partial charge in [0, 0.05) is 6.42 Å². The molecule has 0 N–H and O–H groups in total. The summed E-state index contributed by atoms with van der Waals surface area (Å²) < 4.78 is 2.18. The molecule has 1 aliphatic rings. The summed E-state index contributed by atoms with van der Waals surface area (Å²) in [7, 11) is 2.11. The van der Waals surface area contributed by atoms with Gasteiger partial charge in [0.1, 0.15) is 6.20 Å². The van der Waals surface area contributed by atoms with Gasteiger partial charge in [-0.1, -0.05) is 24.3 Å². The van der Waals surface area contributed by atoms with E-state index in [1.165, 1.54) is 50.2 Å². The van der Waals surface area contributed by atoms with Crippen LogP contribution in [0.3, 0.4) is 0 Å². The third-order valence-electron chi connectivity index (χ3n) is 5.25. The molecule has 1 aromatic heterocycles. The second-order valence-electron chi connectivity index (χ2n) is 7.08. The fourth-order valence-electron chi connectivity index (χ4n) is 3.90. The van der Waals surface area contributed by atoms with Gasteiger partial charge in [-0.25, -0.2) is 4.57 Å². The van der Waals surface area contributed by atoms with Gasteiger partial charge in [0.2, 0.25) is 0 Å². The van der Waals surface area contributed by atoms with Crippen LogP contribution in [0.4, 0.5) is 0 Å². The van der Waals surface area contributed by atoms with E-state index in [0.29, 0.717) is 0 Å². The molecular formula is C22H23N2+. The molecule has 0 unspecified atom stereocenters. The number of hydrogen-bond acceptors (Lipinski definition) is 1. The molecule has 1 aliphatic carbocycles. The average Bonchev–Trinajstić information content (AvgIpc) is 2.89. The summed E-state index contributed by atoms with van der Waals surface area (Å²) in [5.41, 5.74) is 11.8. The molecule has 0 aliphatic heterocycles. The Balaban J connectivity index is 1.94. The van der Waals surface area contributed by atoms with Gasteiger partial charge in [0.05, 0.1) is 18.2 Å². The topological polar surface area (TPSA) is 16.8 Å². The number of aryl methyl sites for hydroxylation is 4. The molecule has 4 rings (SSSR count). The molecule has 3 aromatic rings. The summed E-state index contributed by atoms with van der Waals surface area (Å²) in [6.07, 6.45) is 3.19. The number of nitrogens with zero attached hydrogens (tertiary/aromatic N) is 2. The van der Waals surface area contributed by atoms with E-state index < -0.39 is 0 Å². The monoisotopic (exact) mass is 315 g/mol. The van der Waals surface area contributed by atoms with Crippen molar-refractivity contribution in [3.05, 3.63) is 70.0 Å². The molecule has 0 spiro atoms. The highest BCUT2D eigenvalue weighted by Gasteiger charge is 2.29. The maximum atomic E-state index is 5.08. The van der Waals surface area contributed by atoms with Crippen molar-refractivity contribution in [2.75, 3.05) is 0 Å². The Kier molecular flexibility index (Phi) is 3.31. The summed E-state index contributed by atoms with van der Waals surface area (Å²) >= 11 is 0. The molecule has 0 bridgehead atoms. The zero-order valence-electron chi connectivity index (χ0n) is 15.1. The molecule has 0 saturated carbocycles. The normalized spacial score (nSPS) is 12.2. The molecule has 2 nitrogen and oxygen atoms in total. The zero-order valence-corrected chi connectivity index (χ0v) is 15.1. The van der Waals surface area contributed by atoms with Crippen molar-refractivity contribution >= 4 is 0 Å². The highest BCUT2D eigenvalue weighted by molar-refractivity contribution is 5.77. The first-order chi connectivity index (χ1) is 11.5. The van der Waals surface area contributed by atoms with Gasteiger partial charge in [-0.05, 0) is 72.1 Å². The average molecular weight is 315 g/mol. The first kappa shape index (κ1) is 15.1. The highest BCUT2D eigenvalue weighted by Crippen LogP contribution is 2.38. The largest absolute Gasteiger partial charge is 0.330 e. The van der Waals surface area contributed by atoms with E-state index in [-0.39, 0.29) is 0 Å². The predicted molar refractivity (Wildman–Crippen MR) is 98.0 cm³/mol. The molecule has 120 valence electrons. The van der Waals surface area contributed by atoms with Crippen LogP contribution in [-0.4, -0.2) is 4.98 Å². The van der Waals surface area contributed by atoms with Crippen LogP contribution in [0.5, 0.6) is 0 Å². The Morgan fingerprint density at radius 2 is 1.75 bits per heavy atom. The fraction of sp³-hybridized carbons (Fsp3) is 0.273. The molecule has 0 radical (unpaired) electrons. The number of aromatic nitrogens is 2. The van der Waals surface area contributed by atoms with Gasteiger partial charge in [-0.3, -0.25) is 0 Å². The van der Waals surface area contributed by atoms with Gasteiger partial charge < -0.3 is 0 Å². The Morgan fingerprint density at radius 3 is 2.54 bits per heavy atom. The lowest BCUT2D eigenvalue weighted by molar-refractivity contribution is -0.662. The molecule has 0 atom stereocenters. The molecule has 2 heteroatoms. The van der Waals surface area contributed by atoms with E-state index in [2.05, 4.69) is 75.8 Å². The smallest absolute Gasteiger partial charge is 0.232 e. The molecule has 2 aromatic carbocycles. The van der Waals surface area contributed by atoms with E-state index in [4.69, 9.17) is 4.98 Å². The third kappa shape index (κ3) is 2.17. The lowest BCUT2D eigenvalue weighted by atomic mass is 9.99. The molecular weight excluding hydrogens is 292 g/mol. The van der Waals surface area contributed by atoms with Gasteiger partial charge in [0.15, 0.2) is 5.69 Å². The predicted octanol–water partition coefficient (Wildman–Crippen LogP) is 4.38. The van der Waals surface area contributed by atoms with Gasteiger partial charge >= 0.3 is 5.82 Å². The van der Waals surface area contributed by atoms with Crippen LogP contribution in [0.1, 0.15) is 33.5 Å². The Morgan fingerprint density at radius 1 is 0.958 bits per heavy atom. The van der Waals surface area contributed by atoms with E-state index in [9.17, 15) is 0 Å². The number of fused-ring (bicyclic) bond motifs is 3. The van der Waals surface area contributed by atoms with Crippen LogP contribution < -0.4 is 4.57 Å². The van der Waals surface area contributed by atoms with E-state index >= 15 is 0 Å². The summed E-state index contributed by atoms with van der Waals surface area (Å²) in [4.78, 5) is 5.08. The number of hydrogen-bond donors (Lipinski definition) is 0.